The van der Waals surface area contributed by atoms with Crippen molar-refractivity contribution in [1.29, 1.82) is 0 Å². The molecule has 0 bridgehead atoms. The van der Waals surface area contributed by atoms with Gasteiger partial charge in [0.1, 0.15) is 0 Å². The second-order valence-corrected chi connectivity index (χ2v) is 7.86. The molecule has 2 amide bonds. The number of hydrogen-bond acceptors (Lipinski definition) is 3. The van der Waals surface area contributed by atoms with Gasteiger partial charge in [0, 0.05) is 19.6 Å². The molecule has 1 aliphatic rings. The minimum absolute atomic E-state index is 0.0783. The standard InChI is InChI=1S/C15H22N2O3S/c1-12-3-5-13(6-4-12)7-9-16-15(18)17(2)14-8-10-21(19,20)11-14/h3-6,14H,7-11H2,1-2H3,(H,16,18). The lowest BCUT2D eigenvalue weighted by Gasteiger charge is -2.23. The Hall–Kier alpha value is -1.56. The van der Waals surface area contributed by atoms with Crippen molar-refractivity contribution in [2.45, 2.75) is 25.8 Å². The van der Waals surface area contributed by atoms with E-state index in [2.05, 4.69) is 17.4 Å². The van der Waals surface area contributed by atoms with Crippen molar-refractivity contribution in [2.24, 2.45) is 0 Å². The summed E-state index contributed by atoms with van der Waals surface area (Å²) in [6, 6.07) is 7.79. The van der Waals surface area contributed by atoms with Crippen molar-refractivity contribution in [3.63, 3.8) is 0 Å². The van der Waals surface area contributed by atoms with E-state index < -0.39 is 9.84 Å². The molecular weight excluding hydrogens is 288 g/mol. The second-order valence-electron chi connectivity index (χ2n) is 5.64. The average molecular weight is 310 g/mol. The van der Waals surface area contributed by atoms with Crippen molar-refractivity contribution >= 4 is 15.9 Å². The van der Waals surface area contributed by atoms with Gasteiger partial charge in [0.2, 0.25) is 0 Å². The van der Waals surface area contributed by atoms with E-state index in [4.69, 9.17) is 0 Å². The third-order valence-corrected chi connectivity index (χ3v) is 5.64. The van der Waals surface area contributed by atoms with Crippen LogP contribution in [0.3, 0.4) is 0 Å². The Morgan fingerprint density at radius 2 is 2.00 bits per heavy atom. The summed E-state index contributed by atoms with van der Waals surface area (Å²) in [7, 11) is -1.30. The molecule has 1 aromatic rings. The Morgan fingerprint density at radius 3 is 2.57 bits per heavy atom. The lowest BCUT2D eigenvalue weighted by atomic mass is 10.1. The molecule has 1 aliphatic heterocycles. The lowest BCUT2D eigenvalue weighted by molar-refractivity contribution is 0.195. The van der Waals surface area contributed by atoms with E-state index in [1.165, 1.54) is 16.0 Å². The van der Waals surface area contributed by atoms with Gasteiger partial charge in [-0.1, -0.05) is 29.8 Å². The molecule has 6 heteroatoms. The summed E-state index contributed by atoms with van der Waals surface area (Å²) < 4.78 is 22.9. The van der Waals surface area contributed by atoms with E-state index in [0.717, 1.165) is 6.42 Å². The van der Waals surface area contributed by atoms with Crippen LogP contribution in [0, 0.1) is 6.92 Å². The van der Waals surface area contributed by atoms with Gasteiger partial charge in [-0.2, -0.15) is 0 Å². The molecule has 1 heterocycles. The van der Waals surface area contributed by atoms with Crippen LogP contribution in [0.25, 0.3) is 0 Å². The number of amides is 2. The molecule has 116 valence electrons. The van der Waals surface area contributed by atoms with Crippen LogP contribution >= 0.6 is 0 Å². The van der Waals surface area contributed by atoms with Crippen LogP contribution in [0.4, 0.5) is 4.79 Å². The summed E-state index contributed by atoms with van der Waals surface area (Å²) in [5, 5.41) is 2.84. The van der Waals surface area contributed by atoms with Crippen LogP contribution in [0.5, 0.6) is 0 Å². The van der Waals surface area contributed by atoms with Crippen molar-refractivity contribution in [3.8, 4) is 0 Å². The number of urea groups is 1. The van der Waals surface area contributed by atoms with E-state index in [1.807, 2.05) is 19.1 Å². The highest BCUT2D eigenvalue weighted by Crippen LogP contribution is 2.16. The molecule has 0 aliphatic carbocycles. The highest BCUT2D eigenvalue weighted by molar-refractivity contribution is 7.91. The number of benzene rings is 1. The Morgan fingerprint density at radius 1 is 1.33 bits per heavy atom. The zero-order valence-corrected chi connectivity index (χ0v) is 13.3. The summed E-state index contributed by atoms with van der Waals surface area (Å²) in [4.78, 5) is 13.5. The molecule has 0 spiro atoms. The van der Waals surface area contributed by atoms with Crippen LogP contribution in [0.1, 0.15) is 17.5 Å². The fourth-order valence-corrected chi connectivity index (χ4v) is 4.21. The van der Waals surface area contributed by atoms with Gasteiger partial charge in [-0.25, -0.2) is 13.2 Å². The summed E-state index contributed by atoms with van der Waals surface area (Å²) in [6.07, 6.45) is 1.30. The van der Waals surface area contributed by atoms with Crippen LogP contribution in [-0.2, 0) is 16.3 Å². The average Bonchev–Trinajstić information content (AvgIpc) is 2.80. The quantitative estimate of drug-likeness (QED) is 0.913. The van der Waals surface area contributed by atoms with Gasteiger partial charge in [0.15, 0.2) is 9.84 Å². The van der Waals surface area contributed by atoms with Gasteiger partial charge >= 0.3 is 6.03 Å². The largest absolute Gasteiger partial charge is 0.338 e. The molecule has 1 atom stereocenters. The molecule has 2 rings (SSSR count). The first-order valence-electron chi connectivity index (χ1n) is 7.14. The Balaban J connectivity index is 1.78. The first-order chi connectivity index (χ1) is 9.87. The molecule has 5 nitrogen and oxygen atoms in total. The number of sulfone groups is 1. The number of nitrogens with zero attached hydrogens (tertiary/aromatic N) is 1. The van der Waals surface area contributed by atoms with Crippen molar-refractivity contribution in [2.75, 3.05) is 25.1 Å². The minimum atomic E-state index is -2.96. The first kappa shape index (κ1) is 15.8. The van der Waals surface area contributed by atoms with Crippen molar-refractivity contribution in [3.05, 3.63) is 35.4 Å². The lowest BCUT2D eigenvalue weighted by Crippen LogP contribution is -2.44. The SMILES string of the molecule is Cc1ccc(CCNC(=O)N(C)C2CCS(=O)(=O)C2)cc1. The molecular formula is C15H22N2O3S. The molecule has 21 heavy (non-hydrogen) atoms. The van der Waals surface area contributed by atoms with E-state index in [0.29, 0.717) is 13.0 Å². The summed E-state index contributed by atoms with van der Waals surface area (Å²) in [5.74, 6) is 0.257. The maximum Gasteiger partial charge on any atom is 0.317 e. The molecule has 0 radical (unpaired) electrons. The number of carbonyl (C=O) groups excluding carboxylic acids is 1. The maximum atomic E-state index is 12.0. The van der Waals surface area contributed by atoms with E-state index in [1.54, 1.807) is 7.05 Å². The predicted molar refractivity (Wildman–Crippen MR) is 83.1 cm³/mol. The highest BCUT2D eigenvalue weighted by atomic mass is 32.2. The van der Waals surface area contributed by atoms with Crippen LogP contribution in [0.2, 0.25) is 0 Å². The summed E-state index contributed by atoms with van der Waals surface area (Å²) >= 11 is 0. The van der Waals surface area contributed by atoms with Crippen LogP contribution in [-0.4, -0.2) is 50.5 Å². The molecule has 0 aromatic heterocycles. The zero-order chi connectivity index (χ0) is 15.5. The van der Waals surface area contributed by atoms with Crippen LogP contribution in [0.15, 0.2) is 24.3 Å². The number of nitrogens with one attached hydrogen (secondary N) is 1. The fraction of sp³-hybridized carbons (Fsp3) is 0.533. The number of rotatable bonds is 4. The van der Waals surface area contributed by atoms with Crippen molar-refractivity contribution < 1.29 is 13.2 Å². The number of carbonyl (C=O) groups is 1. The first-order valence-corrected chi connectivity index (χ1v) is 8.96. The predicted octanol–water partition coefficient (Wildman–Crippen LogP) is 1.37. The summed E-state index contributed by atoms with van der Waals surface area (Å²) in [6.45, 7) is 2.59. The molecule has 1 saturated heterocycles. The van der Waals surface area contributed by atoms with Gasteiger partial charge in [0.05, 0.1) is 11.5 Å². The van der Waals surface area contributed by atoms with E-state index in [-0.39, 0.29) is 23.6 Å². The monoisotopic (exact) mass is 310 g/mol. The smallest absolute Gasteiger partial charge is 0.317 e. The van der Waals surface area contributed by atoms with Gasteiger partial charge < -0.3 is 10.2 Å². The molecule has 1 N–H and O–H groups in total. The van der Waals surface area contributed by atoms with Crippen molar-refractivity contribution in [1.82, 2.24) is 10.2 Å². The van der Waals surface area contributed by atoms with Crippen LogP contribution < -0.4 is 5.32 Å². The van der Waals surface area contributed by atoms with Gasteiger partial charge in [-0.15, -0.1) is 0 Å². The Kier molecular flexibility index (Phi) is 4.88. The fourth-order valence-electron chi connectivity index (χ4n) is 2.44. The third kappa shape index (κ3) is 4.46. The number of hydrogen-bond donors (Lipinski definition) is 1. The third-order valence-electron chi connectivity index (χ3n) is 3.89. The van der Waals surface area contributed by atoms with Gasteiger partial charge in [-0.3, -0.25) is 0 Å². The van der Waals surface area contributed by atoms with Gasteiger partial charge in [0.25, 0.3) is 0 Å². The Labute approximate surface area is 126 Å². The topological polar surface area (TPSA) is 66.5 Å². The Bertz CT molecular complexity index is 596. The summed E-state index contributed by atoms with van der Waals surface area (Å²) in [5.41, 5.74) is 2.39. The zero-order valence-electron chi connectivity index (χ0n) is 12.5. The number of aryl methyl sites for hydroxylation is 1. The highest BCUT2D eigenvalue weighted by Gasteiger charge is 2.32. The molecule has 1 fully saturated rings. The van der Waals surface area contributed by atoms with E-state index >= 15 is 0 Å². The minimum Gasteiger partial charge on any atom is -0.338 e. The molecule has 1 unspecified atom stereocenters. The normalized spacial score (nSPS) is 20.2. The van der Waals surface area contributed by atoms with E-state index in [9.17, 15) is 13.2 Å². The maximum absolute atomic E-state index is 12.0. The molecule has 1 aromatic carbocycles. The molecule has 0 saturated carbocycles. The second kappa shape index (κ2) is 6.47. The van der Waals surface area contributed by atoms with Gasteiger partial charge in [-0.05, 0) is 25.3 Å².